The van der Waals surface area contributed by atoms with Crippen molar-refractivity contribution in [3.05, 3.63) is 17.5 Å². The van der Waals surface area contributed by atoms with Crippen molar-refractivity contribution in [1.29, 1.82) is 0 Å². The van der Waals surface area contributed by atoms with Crippen LogP contribution in [0.1, 0.15) is 11.4 Å². The summed E-state index contributed by atoms with van der Waals surface area (Å²) in [4.78, 5) is 22.1. The first-order chi connectivity index (χ1) is 8.74. The molecule has 1 aromatic rings. The van der Waals surface area contributed by atoms with Gasteiger partial charge in [0.1, 0.15) is 13.1 Å². The molecule has 0 bridgehead atoms. The third kappa shape index (κ3) is 4.27. The molecule has 1 N–H and O–H groups in total. The number of nitrogens with zero attached hydrogens (tertiary/aromatic N) is 2. The van der Waals surface area contributed by atoms with E-state index in [2.05, 4.69) is 15.2 Å². The highest BCUT2D eigenvalue weighted by Gasteiger charge is 2.34. The minimum Gasteiger partial charge on any atom is -0.468 e. The number of hydrogen-bond donors (Lipinski definition) is 1. The Kier molecular flexibility index (Phi) is 4.52. The van der Waals surface area contributed by atoms with Crippen molar-refractivity contribution < 1.29 is 27.5 Å². The van der Waals surface area contributed by atoms with E-state index in [1.165, 1.54) is 6.92 Å². The van der Waals surface area contributed by atoms with Gasteiger partial charge in [-0.3, -0.25) is 14.3 Å². The van der Waals surface area contributed by atoms with Crippen LogP contribution in [0.4, 0.5) is 13.2 Å². The second-order valence-electron chi connectivity index (χ2n) is 3.68. The largest absolute Gasteiger partial charge is 0.468 e. The Hall–Kier alpha value is -2.06. The highest BCUT2D eigenvalue weighted by molar-refractivity contribution is 5.81. The van der Waals surface area contributed by atoms with Gasteiger partial charge in [-0.1, -0.05) is 0 Å². The maximum absolute atomic E-state index is 12.4. The molecule has 1 heterocycles. The van der Waals surface area contributed by atoms with E-state index in [0.29, 0.717) is 0 Å². The minimum absolute atomic E-state index is 0.195. The first-order valence-electron chi connectivity index (χ1n) is 5.19. The number of ether oxygens (including phenoxy) is 1. The third-order valence-electron chi connectivity index (χ3n) is 2.22. The fourth-order valence-electron chi connectivity index (χ4n) is 1.24. The molecule has 0 saturated carbocycles. The number of aromatic nitrogens is 2. The summed E-state index contributed by atoms with van der Waals surface area (Å²) in [6.45, 7) is 0.649. The molecule has 19 heavy (non-hydrogen) atoms. The number of hydrogen-bond acceptors (Lipinski definition) is 4. The molecule has 0 unspecified atom stereocenters. The van der Waals surface area contributed by atoms with E-state index in [-0.39, 0.29) is 12.2 Å². The van der Waals surface area contributed by atoms with Crippen LogP contribution >= 0.6 is 0 Å². The van der Waals surface area contributed by atoms with Gasteiger partial charge in [-0.25, -0.2) is 0 Å². The van der Waals surface area contributed by atoms with E-state index in [0.717, 1.165) is 17.9 Å². The van der Waals surface area contributed by atoms with Crippen LogP contribution in [0.5, 0.6) is 0 Å². The summed E-state index contributed by atoms with van der Waals surface area (Å²) in [6.07, 6.45) is -4.56. The molecule has 0 aliphatic carbocycles. The van der Waals surface area contributed by atoms with Gasteiger partial charge in [0, 0.05) is 5.69 Å². The van der Waals surface area contributed by atoms with E-state index in [9.17, 15) is 22.8 Å². The second kappa shape index (κ2) is 5.72. The molecule has 1 amide bonds. The lowest BCUT2D eigenvalue weighted by Crippen LogP contribution is -2.33. The van der Waals surface area contributed by atoms with Crippen molar-refractivity contribution in [3.63, 3.8) is 0 Å². The van der Waals surface area contributed by atoms with Crippen molar-refractivity contribution in [2.24, 2.45) is 0 Å². The van der Waals surface area contributed by atoms with E-state index in [1.807, 2.05) is 0 Å². The highest BCUT2D eigenvalue weighted by atomic mass is 19.4. The Morgan fingerprint density at radius 1 is 1.47 bits per heavy atom. The van der Waals surface area contributed by atoms with Gasteiger partial charge in [-0.15, -0.1) is 0 Å². The summed E-state index contributed by atoms with van der Waals surface area (Å²) < 4.78 is 42.4. The predicted molar refractivity (Wildman–Crippen MR) is 57.0 cm³/mol. The van der Waals surface area contributed by atoms with E-state index >= 15 is 0 Å². The molecule has 0 aromatic carbocycles. The maximum Gasteiger partial charge on any atom is 0.435 e. The first kappa shape index (κ1) is 15.0. The zero-order valence-corrected chi connectivity index (χ0v) is 10.2. The van der Waals surface area contributed by atoms with Gasteiger partial charge in [0.2, 0.25) is 5.91 Å². The quantitative estimate of drug-likeness (QED) is 0.815. The number of esters is 1. The van der Waals surface area contributed by atoms with Crippen molar-refractivity contribution in [2.45, 2.75) is 19.6 Å². The smallest absolute Gasteiger partial charge is 0.435 e. The number of carbonyl (C=O) groups excluding carboxylic acids is 2. The van der Waals surface area contributed by atoms with Gasteiger partial charge >= 0.3 is 12.1 Å². The number of nitrogens with one attached hydrogen (secondary N) is 1. The Bertz CT molecular complexity index is 482. The third-order valence-corrected chi connectivity index (χ3v) is 2.22. The molecule has 1 rings (SSSR count). The molecule has 0 atom stereocenters. The summed E-state index contributed by atoms with van der Waals surface area (Å²) in [6, 6.07) is 0.841. The maximum atomic E-state index is 12.4. The zero-order chi connectivity index (χ0) is 14.6. The molecule has 0 spiro atoms. The number of rotatable bonds is 4. The lowest BCUT2D eigenvalue weighted by atomic mass is 10.3. The van der Waals surface area contributed by atoms with Crippen LogP contribution in [0.15, 0.2) is 6.07 Å². The molecular weight excluding hydrogens is 267 g/mol. The van der Waals surface area contributed by atoms with E-state index in [4.69, 9.17) is 0 Å². The Morgan fingerprint density at radius 2 is 2.11 bits per heavy atom. The van der Waals surface area contributed by atoms with Gasteiger partial charge in [0.05, 0.1) is 7.11 Å². The number of carbonyl (C=O) groups is 2. The van der Waals surface area contributed by atoms with Crippen LogP contribution in [0.2, 0.25) is 0 Å². The molecule has 0 aliphatic heterocycles. The van der Waals surface area contributed by atoms with E-state index < -0.39 is 30.3 Å². The summed E-state index contributed by atoms with van der Waals surface area (Å²) in [5.74, 6) is -1.29. The van der Waals surface area contributed by atoms with Crippen LogP contribution in [0.25, 0.3) is 0 Å². The SMILES string of the molecule is COC(=O)CNC(=O)Cn1nc(C(F)(F)F)cc1C. The number of amides is 1. The average molecular weight is 279 g/mol. The lowest BCUT2D eigenvalue weighted by molar-refractivity contribution is -0.141. The topological polar surface area (TPSA) is 73.2 Å². The van der Waals surface area contributed by atoms with Crippen molar-refractivity contribution in [3.8, 4) is 0 Å². The van der Waals surface area contributed by atoms with Gasteiger partial charge < -0.3 is 10.1 Å². The second-order valence-corrected chi connectivity index (χ2v) is 3.68. The van der Waals surface area contributed by atoms with Crippen molar-refractivity contribution >= 4 is 11.9 Å². The van der Waals surface area contributed by atoms with Gasteiger partial charge in [-0.05, 0) is 13.0 Å². The molecular formula is C10H12F3N3O3. The molecule has 0 fully saturated rings. The van der Waals surface area contributed by atoms with Crippen LogP contribution in [-0.4, -0.2) is 35.3 Å². The zero-order valence-electron chi connectivity index (χ0n) is 10.2. The summed E-state index contributed by atoms with van der Waals surface area (Å²) >= 11 is 0. The first-order valence-corrected chi connectivity index (χ1v) is 5.19. The Labute approximate surface area is 106 Å². The average Bonchev–Trinajstić information content (AvgIpc) is 2.67. The molecule has 0 aliphatic rings. The lowest BCUT2D eigenvalue weighted by Gasteiger charge is -2.05. The number of alkyl halides is 3. The Balaban J connectivity index is 2.65. The van der Waals surface area contributed by atoms with Crippen LogP contribution in [0.3, 0.4) is 0 Å². The predicted octanol–water partition coefficient (Wildman–Crippen LogP) is 0.500. The van der Waals surface area contributed by atoms with Gasteiger partial charge in [0.15, 0.2) is 5.69 Å². The van der Waals surface area contributed by atoms with Crippen molar-refractivity contribution in [1.82, 2.24) is 15.1 Å². The highest BCUT2D eigenvalue weighted by Crippen LogP contribution is 2.28. The molecule has 9 heteroatoms. The fourth-order valence-corrected chi connectivity index (χ4v) is 1.24. The number of halogens is 3. The molecule has 0 saturated heterocycles. The summed E-state index contributed by atoms with van der Waals surface area (Å²) in [5, 5.41) is 5.48. The standard InChI is InChI=1S/C10H12F3N3O3/c1-6-3-7(10(11,12)13)15-16(6)5-8(17)14-4-9(18)19-2/h3H,4-5H2,1-2H3,(H,14,17). The minimum atomic E-state index is -4.56. The van der Waals surface area contributed by atoms with Crippen LogP contribution < -0.4 is 5.32 Å². The fraction of sp³-hybridized carbons (Fsp3) is 0.500. The Morgan fingerprint density at radius 3 is 2.58 bits per heavy atom. The van der Waals surface area contributed by atoms with E-state index in [1.54, 1.807) is 0 Å². The van der Waals surface area contributed by atoms with Crippen LogP contribution in [-0.2, 0) is 27.0 Å². The number of methoxy groups -OCH3 is 1. The summed E-state index contributed by atoms with van der Waals surface area (Å²) in [7, 11) is 1.15. The number of aryl methyl sites for hydroxylation is 1. The monoisotopic (exact) mass is 279 g/mol. The molecule has 1 aromatic heterocycles. The molecule has 106 valence electrons. The van der Waals surface area contributed by atoms with Crippen molar-refractivity contribution in [2.75, 3.05) is 13.7 Å². The van der Waals surface area contributed by atoms with Gasteiger partial charge in [0.25, 0.3) is 0 Å². The molecule has 0 radical (unpaired) electrons. The summed E-state index contributed by atoms with van der Waals surface area (Å²) in [5.41, 5.74) is -0.869. The van der Waals surface area contributed by atoms with Crippen LogP contribution in [0, 0.1) is 6.92 Å². The molecule has 6 nitrogen and oxygen atoms in total. The van der Waals surface area contributed by atoms with Gasteiger partial charge in [-0.2, -0.15) is 18.3 Å². The normalized spacial score (nSPS) is 11.2.